The van der Waals surface area contributed by atoms with Crippen LogP contribution in [0.3, 0.4) is 0 Å². The van der Waals surface area contributed by atoms with Gasteiger partial charge in [-0.2, -0.15) is 39.5 Å². The topological polar surface area (TPSA) is 36.4 Å². The Morgan fingerprint density at radius 1 is 0.842 bits per heavy atom. The first-order valence-electron chi connectivity index (χ1n) is 11.3. The Kier molecular flexibility index (Phi) is 6.70. The van der Waals surface area contributed by atoms with Crippen LogP contribution in [0.25, 0.3) is 11.3 Å². The van der Waals surface area contributed by atoms with Gasteiger partial charge in [0.15, 0.2) is 0 Å². The summed E-state index contributed by atoms with van der Waals surface area (Å²) in [5, 5.41) is 9.74. The number of pyridine rings is 1. The van der Waals surface area contributed by atoms with Crippen LogP contribution in [0.5, 0.6) is 0 Å². The van der Waals surface area contributed by atoms with E-state index < -0.39 is 35.3 Å². The summed E-state index contributed by atoms with van der Waals surface area (Å²) in [6.07, 6.45) is -16.2. The Bertz CT molecular complexity index is 1310. The Hall–Kier alpha value is -3.28. The summed E-state index contributed by atoms with van der Waals surface area (Å²) >= 11 is 0. The number of hydrogen-bond acceptors (Lipinski definition) is 3. The highest BCUT2D eigenvalue weighted by molar-refractivity contribution is 5.63. The zero-order valence-electron chi connectivity index (χ0n) is 19.9. The molecule has 1 aliphatic heterocycles. The Morgan fingerprint density at radius 3 is 1.95 bits per heavy atom. The molecule has 1 aromatic heterocycles. The minimum atomic E-state index is -5.97. The predicted molar refractivity (Wildman–Crippen MR) is 121 cm³/mol. The number of aryl methyl sites for hydroxylation is 1. The Labute approximate surface area is 211 Å². The summed E-state index contributed by atoms with van der Waals surface area (Å²) in [4.78, 5) is 6.27. The maximum atomic E-state index is 13.3. The number of fused-ring (bicyclic) bond motifs is 1. The van der Waals surface area contributed by atoms with Gasteiger partial charge in [0.2, 0.25) is 0 Å². The molecule has 0 aliphatic carbocycles. The van der Waals surface area contributed by atoms with Gasteiger partial charge in [-0.25, -0.2) is 0 Å². The van der Waals surface area contributed by atoms with E-state index in [1.165, 1.54) is 12.1 Å². The summed E-state index contributed by atoms with van der Waals surface area (Å²) < 4.78 is 118. The van der Waals surface area contributed by atoms with Crippen LogP contribution in [-0.4, -0.2) is 28.5 Å². The molecule has 1 N–H and O–H groups in total. The summed E-state index contributed by atoms with van der Waals surface area (Å²) in [6, 6.07) is 10.1. The largest absolute Gasteiger partial charge is 0.430 e. The van der Waals surface area contributed by atoms with Gasteiger partial charge in [0, 0.05) is 35.1 Å². The third-order valence-corrected chi connectivity index (χ3v) is 6.72. The van der Waals surface area contributed by atoms with Crippen molar-refractivity contribution >= 4 is 5.69 Å². The SMILES string of the molecule is Cc1nc(-c2ccc(C(F)(F)F)cc2)ccc1CN1c2ccc(C(O)(C(F)(F)F)C(F)(F)F)cc2CC1C. The van der Waals surface area contributed by atoms with E-state index in [9.17, 15) is 44.6 Å². The van der Waals surface area contributed by atoms with E-state index in [0.717, 1.165) is 24.3 Å². The first-order valence-corrected chi connectivity index (χ1v) is 11.3. The molecule has 0 radical (unpaired) electrons. The first kappa shape index (κ1) is 27.7. The maximum Gasteiger partial charge on any atom is 0.430 e. The molecule has 0 amide bonds. The van der Waals surface area contributed by atoms with E-state index in [4.69, 9.17) is 0 Å². The maximum absolute atomic E-state index is 13.3. The molecule has 3 nitrogen and oxygen atoms in total. The average molecular weight is 548 g/mol. The number of alkyl halides is 9. The molecule has 12 heteroatoms. The lowest BCUT2D eigenvalue weighted by atomic mass is 9.90. The molecule has 2 aromatic carbocycles. The summed E-state index contributed by atoms with van der Waals surface area (Å²) in [6.45, 7) is 3.70. The lowest BCUT2D eigenvalue weighted by Crippen LogP contribution is -2.53. The van der Waals surface area contributed by atoms with Crippen LogP contribution in [0.1, 0.15) is 34.9 Å². The number of rotatable bonds is 4. The van der Waals surface area contributed by atoms with Crippen molar-refractivity contribution in [2.45, 2.75) is 57.0 Å². The summed E-state index contributed by atoms with van der Waals surface area (Å²) in [5.74, 6) is 0. The quantitative estimate of drug-likeness (QED) is 0.347. The molecule has 204 valence electrons. The lowest BCUT2D eigenvalue weighted by molar-refractivity contribution is -0.376. The number of aliphatic hydroxyl groups is 1. The number of nitrogens with zero attached hydrogens (tertiary/aromatic N) is 2. The molecule has 4 rings (SSSR count). The highest BCUT2D eigenvalue weighted by atomic mass is 19.4. The van der Waals surface area contributed by atoms with Crippen molar-refractivity contribution in [1.29, 1.82) is 0 Å². The molecule has 0 spiro atoms. The van der Waals surface area contributed by atoms with Crippen molar-refractivity contribution in [3.63, 3.8) is 0 Å². The summed E-state index contributed by atoms with van der Waals surface area (Å²) in [7, 11) is 0. The third kappa shape index (κ3) is 4.81. The van der Waals surface area contributed by atoms with Gasteiger partial charge in [0.25, 0.3) is 5.60 Å². The van der Waals surface area contributed by atoms with Crippen LogP contribution >= 0.6 is 0 Å². The van der Waals surface area contributed by atoms with Crippen LogP contribution in [0.4, 0.5) is 45.2 Å². The van der Waals surface area contributed by atoms with E-state index >= 15 is 0 Å². The predicted octanol–water partition coefficient (Wildman–Crippen LogP) is 7.34. The first-order chi connectivity index (χ1) is 17.4. The van der Waals surface area contributed by atoms with E-state index in [1.807, 2.05) is 0 Å². The molecule has 0 bridgehead atoms. The normalized spacial score (nSPS) is 16.6. The van der Waals surface area contributed by atoms with Gasteiger partial charge in [-0.1, -0.05) is 30.3 Å². The molecule has 0 fully saturated rings. The van der Waals surface area contributed by atoms with Crippen molar-refractivity contribution in [1.82, 2.24) is 4.98 Å². The highest BCUT2D eigenvalue weighted by Gasteiger charge is 2.71. The monoisotopic (exact) mass is 548 g/mol. The fraction of sp³-hybridized carbons (Fsp3) is 0.346. The average Bonchev–Trinajstić information content (AvgIpc) is 3.12. The molecule has 0 saturated heterocycles. The molecule has 3 aromatic rings. The lowest BCUT2D eigenvalue weighted by Gasteiger charge is -2.33. The van der Waals surface area contributed by atoms with Gasteiger partial charge in [-0.15, -0.1) is 0 Å². The van der Waals surface area contributed by atoms with Crippen LogP contribution in [0.2, 0.25) is 0 Å². The molecule has 1 unspecified atom stereocenters. The van der Waals surface area contributed by atoms with Gasteiger partial charge in [0.1, 0.15) is 0 Å². The summed E-state index contributed by atoms with van der Waals surface area (Å²) in [5.41, 5.74) is -4.24. The fourth-order valence-corrected chi connectivity index (χ4v) is 4.58. The molecule has 1 aliphatic rings. The minimum absolute atomic E-state index is 0.158. The Morgan fingerprint density at radius 2 is 1.42 bits per heavy atom. The zero-order valence-corrected chi connectivity index (χ0v) is 19.9. The standard InChI is InChI=1S/C26H21F9N2O/c1-14-11-18-12-20(23(38,25(30,31)32)26(33,34)35)8-10-22(18)37(14)13-17-5-9-21(36-15(17)2)16-3-6-19(7-4-16)24(27,28)29/h3-10,12,14,38H,11,13H2,1-2H3. The number of aromatic nitrogens is 1. The molecule has 1 atom stereocenters. The van der Waals surface area contributed by atoms with Crippen molar-refractivity contribution in [2.24, 2.45) is 0 Å². The fourth-order valence-electron chi connectivity index (χ4n) is 4.58. The molecule has 0 saturated carbocycles. The van der Waals surface area contributed by atoms with Crippen molar-refractivity contribution in [3.05, 3.63) is 82.5 Å². The number of halogens is 9. The van der Waals surface area contributed by atoms with Crippen LogP contribution < -0.4 is 4.90 Å². The van der Waals surface area contributed by atoms with E-state index in [0.29, 0.717) is 34.3 Å². The second-order valence-electron chi connectivity index (χ2n) is 9.25. The minimum Gasteiger partial charge on any atom is -0.369 e. The number of hydrogen-bond donors (Lipinski definition) is 1. The Balaban J connectivity index is 1.60. The van der Waals surface area contributed by atoms with Gasteiger partial charge in [-0.3, -0.25) is 4.98 Å². The van der Waals surface area contributed by atoms with Gasteiger partial charge >= 0.3 is 18.5 Å². The van der Waals surface area contributed by atoms with Gasteiger partial charge < -0.3 is 10.0 Å². The molecule has 2 heterocycles. The second kappa shape index (κ2) is 9.18. The number of anilines is 1. The van der Waals surface area contributed by atoms with E-state index in [1.54, 1.807) is 30.9 Å². The van der Waals surface area contributed by atoms with Gasteiger partial charge in [0.05, 0.1) is 11.3 Å². The molecular weight excluding hydrogens is 527 g/mol. The van der Waals surface area contributed by atoms with Crippen molar-refractivity contribution < 1.29 is 44.6 Å². The van der Waals surface area contributed by atoms with Crippen LogP contribution in [0, 0.1) is 6.92 Å². The van der Waals surface area contributed by atoms with Crippen molar-refractivity contribution in [3.8, 4) is 11.3 Å². The van der Waals surface area contributed by atoms with E-state index in [2.05, 4.69) is 4.98 Å². The van der Waals surface area contributed by atoms with Crippen LogP contribution in [0.15, 0.2) is 54.6 Å². The van der Waals surface area contributed by atoms with Crippen molar-refractivity contribution in [2.75, 3.05) is 4.90 Å². The van der Waals surface area contributed by atoms with E-state index in [-0.39, 0.29) is 24.6 Å². The second-order valence-corrected chi connectivity index (χ2v) is 9.25. The molecule has 38 heavy (non-hydrogen) atoms. The number of benzene rings is 2. The molecular formula is C26H21F9N2O. The zero-order chi connectivity index (χ0) is 28.3. The smallest absolute Gasteiger partial charge is 0.369 e. The van der Waals surface area contributed by atoms with Crippen LogP contribution in [-0.2, 0) is 24.7 Å². The highest BCUT2D eigenvalue weighted by Crippen LogP contribution is 2.51. The third-order valence-electron chi connectivity index (χ3n) is 6.72. The van der Waals surface area contributed by atoms with Gasteiger partial charge in [-0.05, 0) is 55.7 Å².